The summed E-state index contributed by atoms with van der Waals surface area (Å²) in [5.74, 6) is 0.300. The average molecular weight is 252 g/mol. The van der Waals surface area contributed by atoms with Crippen molar-refractivity contribution in [1.29, 1.82) is 0 Å². The lowest BCUT2D eigenvalue weighted by Gasteiger charge is -2.14. The molecule has 0 radical (unpaired) electrons. The van der Waals surface area contributed by atoms with E-state index in [1.807, 2.05) is 24.3 Å². The number of ketones is 1. The van der Waals surface area contributed by atoms with Crippen molar-refractivity contribution >= 4 is 17.4 Å². The Morgan fingerprint density at radius 1 is 1.24 bits per heavy atom. The maximum atomic E-state index is 12.1. The summed E-state index contributed by atoms with van der Waals surface area (Å²) < 4.78 is 0. The first-order chi connectivity index (χ1) is 8.25. The van der Waals surface area contributed by atoms with Crippen LogP contribution in [0.1, 0.15) is 31.2 Å². The van der Waals surface area contributed by atoms with Crippen molar-refractivity contribution in [3.63, 3.8) is 0 Å². The second-order valence-electron chi connectivity index (χ2n) is 4.63. The fourth-order valence-corrected chi connectivity index (χ4v) is 2.36. The van der Waals surface area contributed by atoms with E-state index < -0.39 is 0 Å². The van der Waals surface area contributed by atoms with E-state index in [4.69, 9.17) is 11.6 Å². The number of carbonyl (C=O) groups is 1. The van der Waals surface area contributed by atoms with E-state index in [2.05, 4.69) is 5.32 Å². The highest BCUT2D eigenvalue weighted by Gasteiger charge is 2.19. The summed E-state index contributed by atoms with van der Waals surface area (Å²) in [4.78, 5) is 12.1. The Morgan fingerprint density at radius 3 is 2.76 bits per heavy atom. The Hall–Kier alpha value is -0.860. The van der Waals surface area contributed by atoms with E-state index in [1.165, 1.54) is 12.8 Å². The van der Waals surface area contributed by atoms with E-state index in [-0.39, 0.29) is 6.04 Å². The SMILES string of the molecule is O=C(Cc1ccc(Cl)cc1)C1CCCCCN1. The third-order valence-corrected chi connectivity index (χ3v) is 3.49. The number of hydrogen-bond acceptors (Lipinski definition) is 2. The highest BCUT2D eigenvalue weighted by Crippen LogP contribution is 2.13. The average Bonchev–Trinajstić information content (AvgIpc) is 2.61. The molecule has 1 heterocycles. The zero-order valence-electron chi connectivity index (χ0n) is 9.92. The standard InChI is InChI=1S/C14H18ClNO/c15-12-7-5-11(6-8-12)10-14(17)13-4-2-1-3-9-16-13/h5-8,13,16H,1-4,9-10H2. The molecule has 3 heteroatoms. The minimum Gasteiger partial charge on any atom is -0.307 e. The van der Waals surface area contributed by atoms with Gasteiger partial charge >= 0.3 is 0 Å². The van der Waals surface area contributed by atoms with Crippen LogP contribution in [0.2, 0.25) is 5.02 Å². The molecule has 0 spiro atoms. The highest BCUT2D eigenvalue weighted by atomic mass is 35.5. The number of rotatable bonds is 3. The van der Waals surface area contributed by atoms with Crippen molar-refractivity contribution < 1.29 is 4.79 Å². The quantitative estimate of drug-likeness (QED) is 0.895. The molecule has 2 nitrogen and oxygen atoms in total. The van der Waals surface area contributed by atoms with Gasteiger partial charge in [0.15, 0.2) is 5.78 Å². The molecule has 0 saturated carbocycles. The molecule has 1 aromatic rings. The van der Waals surface area contributed by atoms with Gasteiger partial charge in [-0.1, -0.05) is 36.6 Å². The second kappa shape index (κ2) is 6.18. The molecule has 0 aromatic heterocycles. The first kappa shape index (κ1) is 12.6. The van der Waals surface area contributed by atoms with Crippen LogP contribution in [0.5, 0.6) is 0 Å². The fourth-order valence-electron chi connectivity index (χ4n) is 2.23. The smallest absolute Gasteiger partial charge is 0.154 e. The molecule has 1 saturated heterocycles. The first-order valence-corrected chi connectivity index (χ1v) is 6.64. The van der Waals surface area contributed by atoms with Crippen LogP contribution in [-0.2, 0) is 11.2 Å². The monoisotopic (exact) mass is 251 g/mol. The second-order valence-corrected chi connectivity index (χ2v) is 5.06. The number of nitrogens with one attached hydrogen (secondary N) is 1. The highest BCUT2D eigenvalue weighted by molar-refractivity contribution is 6.30. The van der Waals surface area contributed by atoms with Crippen LogP contribution in [0.15, 0.2) is 24.3 Å². The fraction of sp³-hybridized carbons (Fsp3) is 0.500. The Morgan fingerprint density at radius 2 is 2.00 bits per heavy atom. The molecular weight excluding hydrogens is 234 g/mol. The first-order valence-electron chi connectivity index (χ1n) is 6.26. The van der Waals surface area contributed by atoms with Crippen molar-refractivity contribution in [3.8, 4) is 0 Å². The number of carbonyl (C=O) groups excluding carboxylic acids is 1. The Kier molecular flexibility index (Phi) is 4.57. The summed E-state index contributed by atoms with van der Waals surface area (Å²) >= 11 is 5.82. The third-order valence-electron chi connectivity index (χ3n) is 3.24. The van der Waals surface area contributed by atoms with Crippen LogP contribution >= 0.6 is 11.6 Å². The minimum absolute atomic E-state index is 0.0492. The van der Waals surface area contributed by atoms with E-state index in [0.717, 1.165) is 24.9 Å². The minimum atomic E-state index is 0.0492. The van der Waals surface area contributed by atoms with Gasteiger partial charge in [-0.05, 0) is 37.1 Å². The summed E-state index contributed by atoms with van der Waals surface area (Å²) in [6, 6.07) is 7.58. The summed E-state index contributed by atoms with van der Waals surface area (Å²) in [6.45, 7) is 0.969. The van der Waals surface area contributed by atoms with E-state index in [0.29, 0.717) is 17.2 Å². The molecule has 0 bridgehead atoms. The maximum Gasteiger partial charge on any atom is 0.154 e. The molecule has 0 aliphatic carbocycles. The lowest BCUT2D eigenvalue weighted by molar-refractivity contribution is -0.120. The number of halogens is 1. The van der Waals surface area contributed by atoms with Crippen molar-refractivity contribution in [2.45, 2.75) is 38.1 Å². The zero-order valence-corrected chi connectivity index (χ0v) is 10.7. The molecular formula is C14H18ClNO. The Balaban J connectivity index is 1.93. The van der Waals surface area contributed by atoms with Gasteiger partial charge < -0.3 is 5.32 Å². The predicted octanol–water partition coefficient (Wildman–Crippen LogP) is 2.98. The summed E-state index contributed by atoms with van der Waals surface area (Å²) in [7, 11) is 0. The summed E-state index contributed by atoms with van der Waals surface area (Å²) in [5, 5.41) is 4.05. The van der Waals surface area contributed by atoms with E-state index >= 15 is 0 Å². The van der Waals surface area contributed by atoms with Crippen LogP contribution in [0.3, 0.4) is 0 Å². The van der Waals surface area contributed by atoms with Gasteiger partial charge in [0.2, 0.25) is 0 Å². The molecule has 92 valence electrons. The van der Waals surface area contributed by atoms with Gasteiger partial charge in [0.1, 0.15) is 0 Å². The van der Waals surface area contributed by atoms with Crippen molar-refractivity contribution in [1.82, 2.24) is 5.32 Å². The van der Waals surface area contributed by atoms with Crippen LogP contribution in [0.4, 0.5) is 0 Å². The lowest BCUT2D eigenvalue weighted by Crippen LogP contribution is -2.36. The molecule has 1 atom stereocenters. The van der Waals surface area contributed by atoms with Crippen LogP contribution in [0, 0.1) is 0 Å². The van der Waals surface area contributed by atoms with E-state index in [9.17, 15) is 4.79 Å². The molecule has 1 aliphatic rings. The molecule has 1 N–H and O–H groups in total. The summed E-state index contributed by atoms with van der Waals surface area (Å²) in [5.41, 5.74) is 1.05. The van der Waals surface area contributed by atoms with Gasteiger partial charge in [0.05, 0.1) is 6.04 Å². The molecule has 2 rings (SSSR count). The Labute approximate surface area is 107 Å². The molecule has 17 heavy (non-hydrogen) atoms. The van der Waals surface area contributed by atoms with Crippen LogP contribution in [0.25, 0.3) is 0 Å². The van der Waals surface area contributed by atoms with Crippen molar-refractivity contribution in [2.75, 3.05) is 6.54 Å². The molecule has 1 unspecified atom stereocenters. The Bertz CT molecular complexity index is 366. The molecule has 1 fully saturated rings. The van der Waals surface area contributed by atoms with Gasteiger partial charge in [-0.2, -0.15) is 0 Å². The van der Waals surface area contributed by atoms with Gasteiger partial charge in [0.25, 0.3) is 0 Å². The molecule has 1 aromatic carbocycles. The number of benzene rings is 1. The largest absolute Gasteiger partial charge is 0.307 e. The predicted molar refractivity (Wildman–Crippen MR) is 70.4 cm³/mol. The van der Waals surface area contributed by atoms with E-state index in [1.54, 1.807) is 0 Å². The topological polar surface area (TPSA) is 29.1 Å². The maximum absolute atomic E-state index is 12.1. The number of Topliss-reactive ketones (excluding diaryl/α,β-unsaturated/α-hetero) is 1. The van der Waals surface area contributed by atoms with Gasteiger partial charge in [-0.3, -0.25) is 4.79 Å². The van der Waals surface area contributed by atoms with Crippen LogP contribution < -0.4 is 5.32 Å². The number of hydrogen-bond donors (Lipinski definition) is 1. The molecule has 0 amide bonds. The lowest BCUT2D eigenvalue weighted by atomic mass is 10.0. The van der Waals surface area contributed by atoms with Crippen LogP contribution in [-0.4, -0.2) is 18.4 Å². The summed E-state index contributed by atoms with van der Waals surface area (Å²) in [6.07, 6.45) is 5.06. The van der Waals surface area contributed by atoms with Gasteiger partial charge in [-0.25, -0.2) is 0 Å². The third kappa shape index (κ3) is 3.83. The van der Waals surface area contributed by atoms with Gasteiger partial charge in [0, 0.05) is 11.4 Å². The zero-order chi connectivity index (χ0) is 12.1. The molecule has 1 aliphatic heterocycles. The van der Waals surface area contributed by atoms with Gasteiger partial charge in [-0.15, -0.1) is 0 Å². The van der Waals surface area contributed by atoms with Crippen molar-refractivity contribution in [2.24, 2.45) is 0 Å². The van der Waals surface area contributed by atoms with Crippen molar-refractivity contribution in [3.05, 3.63) is 34.9 Å². The normalized spacial score (nSPS) is 20.9.